The summed E-state index contributed by atoms with van der Waals surface area (Å²) < 4.78 is 37.8. The number of nitrogens with one attached hydrogen (secondary N) is 1. The molecule has 0 amide bonds. The molecule has 2 bridgehead atoms. The average Bonchev–Trinajstić information content (AvgIpc) is 2.91. The standard InChI is InChI=1S/C16H24N2O4S/c1-18(13-8-11-4-5-12(9-13)17-11)23(19,20)14-6-7-15(21-2)16(10-14)22-3/h6-7,10-13,17H,4-5,8-9H2,1-3H3. The van der Waals surface area contributed by atoms with E-state index in [1.54, 1.807) is 19.2 Å². The van der Waals surface area contributed by atoms with E-state index < -0.39 is 10.0 Å². The maximum atomic E-state index is 12.9. The third-order valence-electron chi connectivity index (χ3n) is 4.99. The molecule has 23 heavy (non-hydrogen) atoms. The van der Waals surface area contributed by atoms with Crippen LogP contribution in [0.5, 0.6) is 11.5 Å². The highest BCUT2D eigenvalue weighted by Crippen LogP contribution is 2.34. The number of benzene rings is 1. The number of hydrogen-bond acceptors (Lipinski definition) is 5. The summed E-state index contributed by atoms with van der Waals surface area (Å²) in [5, 5.41) is 3.54. The zero-order valence-electron chi connectivity index (χ0n) is 13.8. The van der Waals surface area contributed by atoms with Crippen molar-refractivity contribution in [2.75, 3.05) is 21.3 Å². The van der Waals surface area contributed by atoms with Gasteiger partial charge in [0.05, 0.1) is 19.1 Å². The topological polar surface area (TPSA) is 67.9 Å². The summed E-state index contributed by atoms with van der Waals surface area (Å²) in [4.78, 5) is 0.239. The number of fused-ring (bicyclic) bond motifs is 2. The molecule has 0 saturated carbocycles. The van der Waals surface area contributed by atoms with E-state index in [2.05, 4.69) is 5.32 Å². The van der Waals surface area contributed by atoms with Crippen molar-refractivity contribution < 1.29 is 17.9 Å². The number of hydrogen-bond donors (Lipinski definition) is 1. The van der Waals surface area contributed by atoms with Gasteiger partial charge in [-0.15, -0.1) is 0 Å². The first-order chi connectivity index (χ1) is 11.0. The molecule has 6 nitrogen and oxygen atoms in total. The van der Waals surface area contributed by atoms with Gasteiger partial charge >= 0.3 is 0 Å². The van der Waals surface area contributed by atoms with Gasteiger partial charge in [-0.25, -0.2) is 8.42 Å². The number of sulfonamides is 1. The molecule has 7 heteroatoms. The summed E-state index contributed by atoms with van der Waals surface area (Å²) in [6.45, 7) is 0. The van der Waals surface area contributed by atoms with Crippen molar-refractivity contribution in [3.63, 3.8) is 0 Å². The fourth-order valence-corrected chi connectivity index (χ4v) is 5.06. The molecule has 1 aromatic rings. The van der Waals surface area contributed by atoms with E-state index in [-0.39, 0.29) is 10.9 Å². The Bertz CT molecular complexity index is 665. The quantitative estimate of drug-likeness (QED) is 0.882. The third kappa shape index (κ3) is 3.05. The molecule has 0 spiro atoms. The van der Waals surface area contributed by atoms with Gasteiger partial charge in [0.25, 0.3) is 0 Å². The number of nitrogens with zero attached hydrogens (tertiary/aromatic N) is 1. The molecule has 0 aromatic heterocycles. The Labute approximate surface area is 137 Å². The Balaban J connectivity index is 1.85. The minimum Gasteiger partial charge on any atom is -0.493 e. The number of ether oxygens (including phenoxy) is 2. The van der Waals surface area contributed by atoms with Crippen molar-refractivity contribution in [1.82, 2.24) is 9.62 Å². The van der Waals surface area contributed by atoms with Crippen LogP contribution in [-0.4, -0.2) is 52.1 Å². The Morgan fingerprint density at radius 2 is 1.70 bits per heavy atom. The first-order valence-electron chi connectivity index (χ1n) is 7.92. The molecule has 2 atom stereocenters. The van der Waals surface area contributed by atoms with Gasteiger partial charge in [-0.1, -0.05) is 0 Å². The summed E-state index contributed by atoms with van der Waals surface area (Å²) in [7, 11) is 1.17. The van der Waals surface area contributed by atoms with Gasteiger partial charge in [-0.3, -0.25) is 0 Å². The van der Waals surface area contributed by atoms with Gasteiger partial charge in [0.2, 0.25) is 10.0 Å². The van der Waals surface area contributed by atoms with E-state index in [9.17, 15) is 8.42 Å². The Kier molecular flexibility index (Phi) is 4.53. The maximum absolute atomic E-state index is 12.9. The minimum atomic E-state index is -3.55. The molecule has 0 radical (unpaired) electrons. The van der Waals surface area contributed by atoms with Gasteiger partial charge in [-0.2, -0.15) is 4.31 Å². The molecule has 1 N–H and O–H groups in total. The molecule has 2 saturated heterocycles. The van der Waals surface area contributed by atoms with Gasteiger partial charge in [-0.05, 0) is 37.8 Å². The van der Waals surface area contributed by atoms with E-state index in [4.69, 9.17) is 9.47 Å². The minimum absolute atomic E-state index is 0.0480. The summed E-state index contributed by atoms with van der Waals surface area (Å²) in [5.74, 6) is 0.946. The molecule has 1 aromatic carbocycles. The van der Waals surface area contributed by atoms with E-state index in [0.717, 1.165) is 25.7 Å². The highest BCUT2D eigenvalue weighted by Gasteiger charge is 2.38. The van der Waals surface area contributed by atoms with Crippen LogP contribution < -0.4 is 14.8 Å². The van der Waals surface area contributed by atoms with Gasteiger partial charge < -0.3 is 14.8 Å². The van der Waals surface area contributed by atoms with Gasteiger partial charge in [0.1, 0.15) is 0 Å². The molecule has 2 aliphatic rings. The van der Waals surface area contributed by atoms with Crippen molar-refractivity contribution in [1.29, 1.82) is 0 Å². The molecule has 0 aliphatic carbocycles. The average molecular weight is 340 g/mol. The summed E-state index contributed by atoms with van der Waals surface area (Å²) >= 11 is 0. The monoisotopic (exact) mass is 340 g/mol. The van der Waals surface area contributed by atoms with Crippen LogP contribution in [0, 0.1) is 0 Å². The lowest BCUT2D eigenvalue weighted by Crippen LogP contribution is -2.48. The van der Waals surface area contributed by atoms with Gasteiger partial charge in [0, 0.05) is 31.2 Å². The summed E-state index contributed by atoms with van der Waals surface area (Å²) in [6, 6.07) is 5.67. The fourth-order valence-electron chi connectivity index (χ4n) is 3.66. The van der Waals surface area contributed by atoms with Crippen molar-refractivity contribution >= 4 is 10.0 Å². The first-order valence-corrected chi connectivity index (χ1v) is 9.36. The molecule has 3 rings (SSSR count). The van der Waals surface area contributed by atoms with Crippen molar-refractivity contribution in [3.8, 4) is 11.5 Å². The Morgan fingerprint density at radius 1 is 1.09 bits per heavy atom. The van der Waals surface area contributed by atoms with Crippen LogP contribution in [0.25, 0.3) is 0 Å². The highest BCUT2D eigenvalue weighted by molar-refractivity contribution is 7.89. The number of rotatable bonds is 5. The number of methoxy groups -OCH3 is 2. The first kappa shape index (κ1) is 16.5. The lowest BCUT2D eigenvalue weighted by Gasteiger charge is -2.34. The molecular formula is C16H24N2O4S. The predicted molar refractivity (Wildman–Crippen MR) is 87.5 cm³/mol. The lowest BCUT2D eigenvalue weighted by molar-refractivity contribution is 0.251. The SMILES string of the molecule is COc1ccc(S(=O)(=O)N(C)C2CC3CCC(C2)N3)cc1OC. The fraction of sp³-hybridized carbons (Fsp3) is 0.625. The van der Waals surface area contributed by atoms with E-state index in [1.807, 2.05) is 0 Å². The zero-order chi connectivity index (χ0) is 16.6. The van der Waals surface area contributed by atoms with Crippen LogP contribution in [0.3, 0.4) is 0 Å². The third-order valence-corrected chi connectivity index (χ3v) is 6.90. The Hall–Kier alpha value is -1.31. The smallest absolute Gasteiger partial charge is 0.243 e. The van der Waals surface area contributed by atoms with E-state index in [0.29, 0.717) is 23.6 Å². The van der Waals surface area contributed by atoms with Crippen LogP contribution in [0.1, 0.15) is 25.7 Å². The second-order valence-corrected chi connectivity index (χ2v) is 8.30. The van der Waals surface area contributed by atoms with Crippen LogP contribution >= 0.6 is 0 Å². The normalized spacial score (nSPS) is 27.2. The van der Waals surface area contributed by atoms with Gasteiger partial charge in [0.15, 0.2) is 11.5 Å². The predicted octanol–water partition coefficient (Wildman–Crippen LogP) is 1.61. The summed E-state index contributed by atoms with van der Waals surface area (Å²) in [5.41, 5.74) is 0. The molecule has 128 valence electrons. The second-order valence-electron chi connectivity index (χ2n) is 6.30. The molecule has 2 aliphatic heterocycles. The second kappa shape index (κ2) is 6.30. The molecular weight excluding hydrogens is 316 g/mol. The lowest BCUT2D eigenvalue weighted by atomic mass is 10.0. The van der Waals surface area contributed by atoms with E-state index in [1.165, 1.54) is 24.6 Å². The maximum Gasteiger partial charge on any atom is 0.243 e. The zero-order valence-corrected chi connectivity index (χ0v) is 14.6. The largest absolute Gasteiger partial charge is 0.493 e. The molecule has 2 unspecified atom stereocenters. The van der Waals surface area contributed by atoms with Crippen molar-refractivity contribution in [3.05, 3.63) is 18.2 Å². The van der Waals surface area contributed by atoms with Crippen LogP contribution in [-0.2, 0) is 10.0 Å². The Morgan fingerprint density at radius 3 is 2.26 bits per heavy atom. The van der Waals surface area contributed by atoms with Crippen LogP contribution in [0.15, 0.2) is 23.1 Å². The molecule has 2 heterocycles. The van der Waals surface area contributed by atoms with Crippen molar-refractivity contribution in [2.24, 2.45) is 0 Å². The van der Waals surface area contributed by atoms with Crippen LogP contribution in [0.2, 0.25) is 0 Å². The highest BCUT2D eigenvalue weighted by atomic mass is 32.2. The molecule has 2 fully saturated rings. The number of piperidine rings is 1. The van der Waals surface area contributed by atoms with Crippen LogP contribution in [0.4, 0.5) is 0 Å². The van der Waals surface area contributed by atoms with E-state index >= 15 is 0 Å². The van der Waals surface area contributed by atoms with Crippen molar-refractivity contribution in [2.45, 2.75) is 48.7 Å². The summed E-state index contributed by atoms with van der Waals surface area (Å²) in [6.07, 6.45) is 4.04.